The van der Waals surface area contributed by atoms with Gasteiger partial charge in [0, 0.05) is 9.79 Å². The SMILES string of the molecule is O=S(Cc1ccccc1)c1ccc(Cc2ccc(S(=O)Cc3ccccc3)cc2)cc1. The van der Waals surface area contributed by atoms with Gasteiger partial charge in [-0.15, -0.1) is 0 Å². The second-order valence-corrected chi connectivity index (χ2v) is 10.3. The molecule has 0 saturated carbocycles. The highest BCUT2D eigenvalue weighted by Gasteiger charge is 2.07. The lowest BCUT2D eigenvalue weighted by Gasteiger charge is -2.07. The summed E-state index contributed by atoms with van der Waals surface area (Å²) in [7, 11) is -2.10. The van der Waals surface area contributed by atoms with Crippen LogP contribution in [0.15, 0.2) is 119 Å². The van der Waals surface area contributed by atoms with E-state index in [-0.39, 0.29) is 0 Å². The Morgan fingerprint density at radius 2 is 0.774 bits per heavy atom. The molecule has 4 heteroatoms. The monoisotopic (exact) mass is 444 g/mol. The summed E-state index contributed by atoms with van der Waals surface area (Å²) in [6.45, 7) is 0. The molecule has 0 amide bonds. The highest BCUT2D eigenvalue weighted by atomic mass is 32.2. The topological polar surface area (TPSA) is 34.1 Å². The molecule has 2 atom stereocenters. The summed E-state index contributed by atoms with van der Waals surface area (Å²) in [6, 6.07) is 35.8. The van der Waals surface area contributed by atoms with E-state index in [9.17, 15) is 8.42 Å². The molecule has 156 valence electrons. The minimum Gasteiger partial charge on any atom is -0.254 e. The van der Waals surface area contributed by atoms with Crippen molar-refractivity contribution in [3.63, 3.8) is 0 Å². The van der Waals surface area contributed by atoms with Crippen LogP contribution in [-0.2, 0) is 39.5 Å². The summed E-state index contributed by atoms with van der Waals surface area (Å²) < 4.78 is 25.2. The highest BCUT2D eigenvalue weighted by molar-refractivity contribution is 7.84. The van der Waals surface area contributed by atoms with E-state index in [1.807, 2.05) is 109 Å². The van der Waals surface area contributed by atoms with E-state index >= 15 is 0 Å². The maximum absolute atomic E-state index is 12.6. The predicted octanol–water partition coefficient (Wildman–Crippen LogP) is 5.89. The Labute approximate surface area is 188 Å². The Kier molecular flexibility index (Phi) is 7.23. The van der Waals surface area contributed by atoms with Crippen LogP contribution in [0.1, 0.15) is 22.3 Å². The fourth-order valence-corrected chi connectivity index (χ4v) is 5.57. The van der Waals surface area contributed by atoms with Gasteiger partial charge in [-0.1, -0.05) is 84.9 Å². The van der Waals surface area contributed by atoms with Crippen molar-refractivity contribution in [3.05, 3.63) is 131 Å². The van der Waals surface area contributed by atoms with Gasteiger partial charge >= 0.3 is 0 Å². The molecule has 4 aromatic rings. The molecule has 0 saturated heterocycles. The van der Waals surface area contributed by atoms with Crippen LogP contribution in [0, 0.1) is 0 Å². The zero-order valence-corrected chi connectivity index (χ0v) is 18.8. The minimum atomic E-state index is -1.05. The molecule has 2 nitrogen and oxygen atoms in total. The van der Waals surface area contributed by atoms with Crippen molar-refractivity contribution >= 4 is 21.6 Å². The van der Waals surface area contributed by atoms with Crippen LogP contribution in [0.25, 0.3) is 0 Å². The van der Waals surface area contributed by atoms with Crippen molar-refractivity contribution in [3.8, 4) is 0 Å². The van der Waals surface area contributed by atoms with Crippen LogP contribution < -0.4 is 0 Å². The van der Waals surface area contributed by atoms with Crippen molar-refractivity contribution < 1.29 is 8.42 Å². The van der Waals surface area contributed by atoms with E-state index in [0.29, 0.717) is 11.5 Å². The first-order chi connectivity index (χ1) is 15.2. The van der Waals surface area contributed by atoms with Crippen molar-refractivity contribution in [2.75, 3.05) is 0 Å². The third-order valence-electron chi connectivity index (χ3n) is 5.06. The lowest BCUT2D eigenvalue weighted by Crippen LogP contribution is -1.98. The smallest absolute Gasteiger partial charge is 0.0574 e. The van der Waals surface area contributed by atoms with E-state index < -0.39 is 21.6 Å². The van der Waals surface area contributed by atoms with Crippen LogP contribution in [0.5, 0.6) is 0 Å². The molecule has 0 radical (unpaired) electrons. The van der Waals surface area contributed by atoms with E-state index in [1.165, 1.54) is 11.1 Å². The van der Waals surface area contributed by atoms with Gasteiger partial charge in [0.05, 0.1) is 33.1 Å². The standard InChI is InChI=1S/C27H24O2S2/c28-30(20-24-7-3-1-4-8-24)26-15-11-22(12-16-26)19-23-13-17-27(18-14-23)31(29)21-25-9-5-2-6-10-25/h1-18H,19-21H2. The van der Waals surface area contributed by atoms with Gasteiger partial charge in [0.1, 0.15) is 0 Å². The molecular weight excluding hydrogens is 420 g/mol. The van der Waals surface area contributed by atoms with E-state index in [2.05, 4.69) is 0 Å². The Morgan fingerprint density at radius 3 is 1.13 bits per heavy atom. The summed E-state index contributed by atoms with van der Waals surface area (Å²) in [6.07, 6.45) is 0.789. The summed E-state index contributed by atoms with van der Waals surface area (Å²) in [5, 5.41) is 0. The summed E-state index contributed by atoms with van der Waals surface area (Å²) in [5.74, 6) is 1.06. The fraction of sp³-hybridized carbons (Fsp3) is 0.111. The minimum absolute atomic E-state index is 0.530. The third-order valence-corrected chi connectivity index (χ3v) is 7.85. The van der Waals surface area contributed by atoms with Crippen molar-refractivity contribution in [1.29, 1.82) is 0 Å². The average Bonchev–Trinajstić information content (AvgIpc) is 2.81. The molecular formula is C27H24O2S2. The first kappa shape index (κ1) is 21.4. The Balaban J connectivity index is 1.36. The van der Waals surface area contributed by atoms with E-state index in [4.69, 9.17) is 0 Å². The van der Waals surface area contributed by atoms with Crippen LogP contribution in [0.3, 0.4) is 0 Å². The second kappa shape index (κ2) is 10.5. The van der Waals surface area contributed by atoms with Gasteiger partial charge < -0.3 is 0 Å². The Morgan fingerprint density at radius 1 is 0.419 bits per heavy atom. The zero-order chi connectivity index (χ0) is 21.5. The van der Waals surface area contributed by atoms with Gasteiger partial charge in [-0.25, -0.2) is 0 Å². The van der Waals surface area contributed by atoms with Gasteiger partial charge in [-0.3, -0.25) is 8.42 Å². The first-order valence-corrected chi connectivity index (χ1v) is 12.8. The maximum atomic E-state index is 12.6. The molecule has 31 heavy (non-hydrogen) atoms. The number of hydrogen-bond donors (Lipinski definition) is 0. The number of benzene rings is 4. The normalized spacial score (nSPS) is 12.9. The second-order valence-electron chi connectivity index (χ2n) is 7.42. The maximum Gasteiger partial charge on any atom is 0.0574 e. The van der Waals surface area contributed by atoms with E-state index in [0.717, 1.165) is 27.3 Å². The quantitative estimate of drug-likeness (QED) is 0.339. The molecule has 0 fully saturated rings. The molecule has 0 aromatic heterocycles. The Hall–Kier alpha value is -2.82. The number of rotatable bonds is 8. The molecule has 0 N–H and O–H groups in total. The lowest BCUT2D eigenvalue weighted by molar-refractivity contribution is 0.681. The molecule has 0 aliphatic rings. The first-order valence-electron chi connectivity index (χ1n) is 10.2. The Bertz CT molecular complexity index is 1060. The van der Waals surface area contributed by atoms with Gasteiger partial charge in [0.15, 0.2) is 0 Å². The van der Waals surface area contributed by atoms with Crippen LogP contribution in [-0.4, -0.2) is 8.42 Å². The third kappa shape index (κ3) is 6.09. The van der Waals surface area contributed by atoms with Gasteiger partial charge in [0.2, 0.25) is 0 Å². The predicted molar refractivity (Wildman–Crippen MR) is 129 cm³/mol. The molecule has 0 aliphatic heterocycles. The van der Waals surface area contributed by atoms with Crippen LogP contribution in [0.2, 0.25) is 0 Å². The van der Waals surface area contributed by atoms with Crippen molar-refractivity contribution in [2.45, 2.75) is 27.7 Å². The zero-order valence-electron chi connectivity index (χ0n) is 17.1. The average molecular weight is 445 g/mol. The van der Waals surface area contributed by atoms with E-state index in [1.54, 1.807) is 0 Å². The molecule has 4 rings (SSSR count). The summed E-state index contributed by atoms with van der Waals surface area (Å²) in [4.78, 5) is 1.69. The fourth-order valence-electron chi connectivity index (χ4n) is 3.37. The van der Waals surface area contributed by atoms with Crippen LogP contribution in [0.4, 0.5) is 0 Å². The summed E-state index contributed by atoms with van der Waals surface area (Å²) in [5.41, 5.74) is 4.49. The molecule has 4 aromatic carbocycles. The van der Waals surface area contributed by atoms with Gasteiger partial charge in [0.25, 0.3) is 0 Å². The van der Waals surface area contributed by atoms with Gasteiger partial charge in [-0.05, 0) is 52.9 Å². The molecule has 0 heterocycles. The van der Waals surface area contributed by atoms with Gasteiger partial charge in [-0.2, -0.15) is 0 Å². The largest absolute Gasteiger partial charge is 0.254 e. The molecule has 0 aliphatic carbocycles. The number of hydrogen-bond acceptors (Lipinski definition) is 2. The van der Waals surface area contributed by atoms with Crippen molar-refractivity contribution in [2.24, 2.45) is 0 Å². The molecule has 0 spiro atoms. The van der Waals surface area contributed by atoms with Crippen LogP contribution >= 0.6 is 0 Å². The summed E-state index contributed by atoms with van der Waals surface area (Å²) >= 11 is 0. The highest BCUT2D eigenvalue weighted by Crippen LogP contribution is 2.18. The lowest BCUT2D eigenvalue weighted by atomic mass is 10.1. The molecule has 2 unspecified atom stereocenters. The molecule has 0 bridgehead atoms. The van der Waals surface area contributed by atoms with Crippen molar-refractivity contribution in [1.82, 2.24) is 0 Å².